The number of aliphatic hydroxyl groups excluding tert-OH is 1. The van der Waals surface area contributed by atoms with E-state index >= 15 is 0 Å². The minimum absolute atomic E-state index is 0.0365. The minimum atomic E-state index is -0.773. The molecular weight excluding hydrogens is 276 g/mol. The van der Waals surface area contributed by atoms with Crippen molar-refractivity contribution >= 4 is 5.97 Å². The van der Waals surface area contributed by atoms with Gasteiger partial charge in [0.05, 0.1) is 11.7 Å². The summed E-state index contributed by atoms with van der Waals surface area (Å²) in [5, 5.41) is 10.0. The average molecular weight is 296 g/mol. The molecule has 21 heavy (non-hydrogen) atoms. The van der Waals surface area contributed by atoms with Crippen LogP contribution in [0.3, 0.4) is 0 Å². The van der Waals surface area contributed by atoms with E-state index in [1.165, 1.54) is 14.2 Å². The minimum Gasteiger partial charge on any atom is -0.459 e. The molecule has 116 valence electrons. The number of methoxy groups -OCH3 is 2. The van der Waals surface area contributed by atoms with Crippen molar-refractivity contribution in [1.82, 2.24) is 0 Å². The van der Waals surface area contributed by atoms with E-state index in [1.807, 2.05) is 6.07 Å². The second kappa shape index (κ2) is 7.51. The van der Waals surface area contributed by atoms with Gasteiger partial charge in [0.1, 0.15) is 18.8 Å². The molecule has 6 heteroatoms. The van der Waals surface area contributed by atoms with Gasteiger partial charge in [0.2, 0.25) is 0 Å². The Balaban J connectivity index is 1.89. The van der Waals surface area contributed by atoms with E-state index in [9.17, 15) is 9.90 Å². The van der Waals surface area contributed by atoms with Crippen LogP contribution in [-0.2, 0) is 18.9 Å². The highest BCUT2D eigenvalue weighted by Gasteiger charge is 2.38. The Morgan fingerprint density at radius 2 is 2.00 bits per heavy atom. The standard InChI is InChI=1S/C15H20O6/c1-18-12-8-11(16)13(21-15(12)19-2)9-20-14(17)10-6-4-3-5-7-10/h3-7,11-13,15-16H,8-9H2,1-2H3/t11?,12?,13-,15+/m1/s1. The highest BCUT2D eigenvalue weighted by atomic mass is 16.7. The number of ether oxygens (including phenoxy) is 4. The summed E-state index contributed by atoms with van der Waals surface area (Å²) in [7, 11) is 3.03. The van der Waals surface area contributed by atoms with Crippen molar-refractivity contribution in [2.75, 3.05) is 20.8 Å². The van der Waals surface area contributed by atoms with E-state index < -0.39 is 24.5 Å². The third-order valence-electron chi connectivity index (χ3n) is 3.44. The van der Waals surface area contributed by atoms with Crippen LogP contribution in [0.4, 0.5) is 0 Å². The lowest BCUT2D eigenvalue weighted by atomic mass is 10.0. The molecule has 1 aromatic carbocycles. The molecule has 0 aromatic heterocycles. The molecule has 2 rings (SSSR count). The number of carbonyl (C=O) groups is 1. The molecule has 1 aliphatic rings. The Hall–Kier alpha value is -1.47. The van der Waals surface area contributed by atoms with Gasteiger partial charge in [0.15, 0.2) is 6.29 Å². The Morgan fingerprint density at radius 3 is 2.62 bits per heavy atom. The summed E-state index contributed by atoms with van der Waals surface area (Å²) in [5.74, 6) is -0.450. The zero-order valence-corrected chi connectivity index (χ0v) is 12.1. The summed E-state index contributed by atoms with van der Waals surface area (Å²) >= 11 is 0. The van der Waals surface area contributed by atoms with Gasteiger partial charge in [0, 0.05) is 20.6 Å². The van der Waals surface area contributed by atoms with Gasteiger partial charge in [0.25, 0.3) is 0 Å². The number of rotatable bonds is 5. The first-order valence-electron chi connectivity index (χ1n) is 6.77. The van der Waals surface area contributed by atoms with Crippen molar-refractivity contribution < 1.29 is 28.8 Å². The lowest BCUT2D eigenvalue weighted by Gasteiger charge is -2.37. The molecule has 1 saturated heterocycles. The largest absolute Gasteiger partial charge is 0.459 e. The zero-order chi connectivity index (χ0) is 15.2. The quantitative estimate of drug-likeness (QED) is 0.817. The van der Waals surface area contributed by atoms with Crippen molar-refractivity contribution in [2.45, 2.75) is 31.0 Å². The molecule has 0 amide bonds. The first-order valence-corrected chi connectivity index (χ1v) is 6.77. The summed E-state index contributed by atoms with van der Waals surface area (Å²) in [6, 6.07) is 8.66. The second-order valence-corrected chi connectivity index (χ2v) is 4.82. The highest BCUT2D eigenvalue weighted by Crippen LogP contribution is 2.23. The van der Waals surface area contributed by atoms with E-state index in [-0.39, 0.29) is 12.7 Å². The predicted molar refractivity (Wildman–Crippen MR) is 73.8 cm³/mol. The highest BCUT2D eigenvalue weighted by molar-refractivity contribution is 5.89. The lowest BCUT2D eigenvalue weighted by Crippen LogP contribution is -2.50. The summed E-state index contributed by atoms with van der Waals surface area (Å²) in [6.45, 7) is -0.0365. The molecule has 0 aliphatic carbocycles. The number of aliphatic hydroxyl groups is 1. The molecule has 0 spiro atoms. The second-order valence-electron chi connectivity index (χ2n) is 4.82. The van der Waals surface area contributed by atoms with Crippen LogP contribution in [0.5, 0.6) is 0 Å². The Morgan fingerprint density at radius 1 is 1.29 bits per heavy atom. The van der Waals surface area contributed by atoms with Gasteiger partial charge in [-0.1, -0.05) is 18.2 Å². The molecule has 0 radical (unpaired) electrons. The molecule has 0 bridgehead atoms. The molecule has 4 atom stereocenters. The fraction of sp³-hybridized carbons (Fsp3) is 0.533. The molecule has 6 nitrogen and oxygen atoms in total. The molecule has 1 N–H and O–H groups in total. The zero-order valence-electron chi connectivity index (χ0n) is 12.1. The van der Waals surface area contributed by atoms with Crippen LogP contribution >= 0.6 is 0 Å². The number of carbonyl (C=O) groups excluding carboxylic acids is 1. The fourth-order valence-electron chi connectivity index (χ4n) is 2.23. The van der Waals surface area contributed by atoms with Gasteiger partial charge in [-0.25, -0.2) is 4.79 Å². The van der Waals surface area contributed by atoms with Gasteiger partial charge in [-0.05, 0) is 12.1 Å². The Kier molecular flexibility index (Phi) is 5.69. The number of hydrogen-bond donors (Lipinski definition) is 1. The number of esters is 1. The van der Waals surface area contributed by atoms with Crippen LogP contribution in [0.15, 0.2) is 30.3 Å². The van der Waals surface area contributed by atoms with Gasteiger partial charge >= 0.3 is 5.97 Å². The van der Waals surface area contributed by atoms with Crippen molar-refractivity contribution in [1.29, 1.82) is 0 Å². The molecule has 2 unspecified atom stereocenters. The molecule has 1 aromatic rings. The Labute approximate surface area is 123 Å². The first-order chi connectivity index (χ1) is 10.2. The van der Waals surface area contributed by atoms with Gasteiger partial charge < -0.3 is 24.1 Å². The van der Waals surface area contributed by atoms with E-state index in [0.717, 1.165) is 0 Å². The van der Waals surface area contributed by atoms with Crippen LogP contribution in [0.2, 0.25) is 0 Å². The smallest absolute Gasteiger partial charge is 0.338 e. The fourth-order valence-corrected chi connectivity index (χ4v) is 2.23. The summed E-state index contributed by atoms with van der Waals surface area (Å²) in [5.41, 5.74) is 0.459. The predicted octanol–water partition coefficient (Wildman–Crippen LogP) is 0.981. The van der Waals surface area contributed by atoms with Crippen LogP contribution in [0.1, 0.15) is 16.8 Å². The van der Waals surface area contributed by atoms with Crippen molar-refractivity contribution in [2.24, 2.45) is 0 Å². The van der Waals surface area contributed by atoms with E-state index in [0.29, 0.717) is 12.0 Å². The first kappa shape index (κ1) is 15.9. The lowest BCUT2D eigenvalue weighted by molar-refractivity contribution is -0.266. The maximum atomic E-state index is 11.9. The van der Waals surface area contributed by atoms with E-state index in [1.54, 1.807) is 24.3 Å². The van der Waals surface area contributed by atoms with Gasteiger partial charge in [-0.15, -0.1) is 0 Å². The SMILES string of the molecule is COC1CC(O)[C@@H](COC(=O)c2ccccc2)O[C@@H]1OC. The van der Waals surface area contributed by atoms with Crippen LogP contribution < -0.4 is 0 Å². The topological polar surface area (TPSA) is 74.2 Å². The summed E-state index contributed by atoms with van der Waals surface area (Å²) in [6.07, 6.45) is -1.97. The third-order valence-corrected chi connectivity index (χ3v) is 3.44. The van der Waals surface area contributed by atoms with Crippen molar-refractivity contribution in [3.8, 4) is 0 Å². The van der Waals surface area contributed by atoms with Crippen LogP contribution in [-0.4, -0.2) is 56.5 Å². The van der Waals surface area contributed by atoms with Crippen LogP contribution in [0, 0.1) is 0 Å². The molecule has 1 heterocycles. The normalized spacial score (nSPS) is 29.1. The average Bonchev–Trinajstić information content (AvgIpc) is 2.53. The molecule has 1 fully saturated rings. The van der Waals surface area contributed by atoms with Gasteiger partial charge in [-0.2, -0.15) is 0 Å². The van der Waals surface area contributed by atoms with E-state index in [2.05, 4.69) is 0 Å². The summed E-state index contributed by atoms with van der Waals surface area (Å²) < 4.78 is 21.1. The van der Waals surface area contributed by atoms with Crippen molar-refractivity contribution in [3.63, 3.8) is 0 Å². The third kappa shape index (κ3) is 4.01. The maximum absolute atomic E-state index is 11.9. The van der Waals surface area contributed by atoms with Crippen LogP contribution in [0.25, 0.3) is 0 Å². The van der Waals surface area contributed by atoms with Crippen molar-refractivity contribution in [3.05, 3.63) is 35.9 Å². The molecule has 0 saturated carbocycles. The number of benzene rings is 1. The summed E-state index contributed by atoms with van der Waals surface area (Å²) in [4.78, 5) is 11.9. The van der Waals surface area contributed by atoms with E-state index in [4.69, 9.17) is 18.9 Å². The number of hydrogen-bond acceptors (Lipinski definition) is 6. The monoisotopic (exact) mass is 296 g/mol. The van der Waals surface area contributed by atoms with Gasteiger partial charge in [-0.3, -0.25) is 0 Å². The molecule has 1 aliphatic heterocycles. The molecular formula is C15H20O6. The Bertz CT molecular complexity index is 449. The maximum Gasteiger partial charge on any atom is 0.338 e.